The fourth-order valence-electron chi connectivity index (χ4n) is 3.67. The van der Waals surface area contributed by atoms with E-state index in [1.807, 2.05) is 6.92 Å². The van der Waals surface area contributed by atoms with Gasteiger partial charge < -0.3 is 9.47 Å². The fraction of sp³-hybridized carbons (Fsp3) is 0.409. The Bertz CT molecular complexity index is 945. The molecule has 2 aromatic rings. The van der Waals surface area contributed by atoms with Crippen LogP contribution in [-0.2, 0) is 10.0 Å². The SMILES string of the molecule is CCOc1ccc(OC(=O)c2cccc(S(=O)(=O)N3CC(C)CC(C)C3)c2)cc1. The van der Waals surface area contributed by atoms with Gasteiger partial charge in [-0.05, 0) is 67.6 Å². The molecule has 2 atom stereocenters. The van der Waals surface area contributed by atoms with Crippen molar-refractivity contribution in [2.75, 3.05) is 19.7 Å². The van der Waals surface area contributed by atoms with Gasteiger partial charge in [-0.3, -0.25) is 0 Å². The van der Waals surface area contributed by atoms with Gasteiger partial charge in [0.15, 0.2) is 0 Å². The van der Waals surface area contributed by atoms with Crippen LogP contribution in [0, 0.1) is 11.8 Å². The molecule has 6 nitrogen and oxygen atoms in total. The van der Waals surface area contributed by atoms with E-state index in [4.69, 9.17) is 9.47 Å². The average Bonchev–Trinajstić information content (AvgIpc) is 2.69. The van der Waals surface area contributed by atoms with Crippen LogP contribution in [0.15, 0.2) is 53.4 Å². The number of carbonyl (C=O) groups excluding carboxylic acids is 1. The first-order chi connectivity index (χ1) is 13.8. The number of sulfonamides is 1. The van der Waals surface area contributed by atoms with Crippen molar-refractivity contribution in [1.82, 2.24) is 4.31 Å². The van der Waals surface area contributed by atoms with Crippen LogP contribution in [0.1, 0.15) is 37.6 Å². The minimum atomic E-state index is -3.66. The lowest BCUT2D eigenvalue weighted by Gasteiger charge is -2.34. The number of hydrogen-bond acceptors (Lipinski definition) is 5. The van der Waals surface area contributed by atoms with Gasteiger partial charge in [-0.15, -0.1) is 0 Å². The van der Waals surface area contributed by atoms with Crippen molar-refractivity contribution in [3.8, 4) is 11.5 Å². The lowest BCUT2D eigenvalue weighted by molar-refractivity contribution is 0.0734. The fourth-order valence-corrected chi connectivity index (χ4v) is 5.40. The number of carbonyl (C=O) groups is 1. The van der Waals surface area contributed by atoms with E-state index in [0.29, 0.717) is 43.0 Å². The Hall–Kier alpha value is -2.38. The van der Waals surface area contributed by atoms with Crippen LogP contribution < -0.4 is 9.47 Å². The first-order valence-corrected chi connectivity index (χ1v) is 11.3. The molecule has 0 amide bonds. The molecule has 1 saturated heterocycles. The lowest BCUT2D eigenvalue weighted by Crippen LogP contribution is -2.42. The highest BCUT2D eigenvalue weighted by molar-refractivity contribution is 7.89. The molecule has 1 fully saturated rings. The summed E-state index contributed by atoms with van der Waals surface area (Å²) in [4.78, 5) is 12.6. The van der Waals surface area contributed by atoms with E-state index in [9.17, 15) is 13.2 Å². The van der Waals surface area contributed by atoms with E-state index in [1.54, 1.807) is 36.4 Å². The molecule has 2 unspecified atom stereocenters. The van der Waals surface area contributed by atoms with E-state index in [-0.39, 0.29) is 10.5 Å². The molecule has 1 aliphatic heterocycles. The van der Waals surface area contributed by atoms with E-state index < -0.39 is 16.0 Å². The number of esters is 1. The Kier molecular flexibility index (Phi) is 6.59. The van der Waals surface area contributed by atoms with Gasteiger partial charge in [0.25, 0.3) is 0 Å². The maximum absolute atomic E-state index is 13.1. The van der Waals surface area contributed by atoms with Crippen LogP contribution in [0.5, 0.6) is 11.5 Å². The van der Waals surface area contributed by atoms with Crippen LogP contribution in [0.2, 0.25) is 0 Å². The quantitative estimate of drug-likeness (QED) is 0.525. The molecule has 0 radical (unpaired) electrons. The maximum Gasteiger partial charge on any atom is 0.343 e. The summed E-state index contributed by atoms with van der Waals surface area (Å²) in [5.74, 6) is 1.06. The summed E-state index contributed by atoms with van der Waals surface area (Å²) >= 11 is 0. The van der Waals surface area contributed by atoms with Gasteiger partial charge in [0, 0.05) is 13.1 Å². The molecule has 1 heterocycles. The first-order valence-electron chi connectivity index (χ1n) is 9.85. The largest absolute Gasteiger partial charge is 0.494 e. The van der Waals surface area contributed by atoms with Crippen LogP contribution in [0.25, 0.3) is 0 Å². The number of benzene rings is 2. The van der Waals surface area contributed by atoms with Gasteiger partial charge in [-0.25, -0.2) is 13.2 Å². The zero-order valence-electron chi connectivity index (χ0n) is 17.0. The predicted molar refractivity (Wildman–Crippen MR) is 111 cm³/mol. The van der Waals surface area contributed by atoms with Crippen molar-refractivity contribution >= 4 is 16.0 Å². The van der Waals surface area contributed by atoms with Gasteiger partial charge in [0.05, 0.1) is 17.1 Å². The Labute approximate surface area is 172 Å². The summed E-state index contributed by atoms with van der Waals surface area (Å²) in [5.41, 5.74) is 0.193. The maximum atomic E-state index is 13.1. The summed E-state index contributed by atoms with van der Waals surface area (Å²) in [6.45, 7) is 7.54. The molecule has 2 aromatic carbocycles. The lowest BCUT2D eigenvalue weighted by atomic mass is 9.94. The van der Waals surface area contributed by atoms with Gasteiger partial charge in [0.1, 0.15) is 11.5 Å². The van der Waals surface area contributed by atoms with Crippen molar-refractivity contribution in [3.05, 3.63) is 54.1 Å². The third kappa shape index (κ3) is 5.16. The Morgan fingerprint density at radius 3 is 2.28 bits per heavy atom. The molecule has 0 N–H and O–H groups in total. The average molecular weight is 418 g/mol. The molecular weight excluding hydrogens is 390 g/mol. The molecule has 156 valence electrons. The van der Waals surface area contributed by atoms with E-state index in [0.717, 1.165) is 6.42 Å². The Balaban J connectivity index is 1.77. The van der Waals surface area contributed by atoms with Gasteiger partial charge in [-0.2, -0.15) is 4.31 Å². The highest BCUT2D eigenvalue weighted by atomic mass is 32.2. The molecule has 7 heteroatoms. The number of rotatable bonds is 6. The molecule has 1 aliphatic rings. The highest BCUT2D eigenvalue weighted by Crippen LogP contribution is 2.27. The number of hydrogen-bond donors (Lipinski definition) is 0. The summed E-state index contributed by atoms with van der Waals surface area (Å²) in [6.07, 6.45) is 1.01. The van der Waals surface area contributed by atoms with Crippen LogP contribution >= 0.6 is 0 Å². The molecule has 0 saturated carbocycles. The smallest absolute Gasteiger partial charge is 0.343 e. The minimum Gasteiger partial charge on any atom is -0.494 e. The number of nitrogens with zero attached hydrogens (tertiary/aromatic N) is 1. The summed E-state index contributed by atoms with van der Waals surface area (Å²) in [7, 11) is -3.66. The molecule has 29 heavy (non-hydrogen) atoms. The highest BCUT2D eigenvalue weighted by Gasteiger charge is 2.32. The van der Waals surface area contributed by atoms with Crippen LogP contribution in [-0.4, -0.2) is 38.4 Å². The van der Waals surface area contributed by atoms with Crippen LogP contribution in [0.3, 0.4) is 0 Å². The standard InChI is InChI=1S/C22H27NO5S/c1-4-27-19-8-10-20(11-9-19)28-22(24)18-6-5-7-21(13-18)29(25,26)23-14-16(2)12-17(3)15-23/h5-11,13,16-17H,4,12,14-15H2,1-3H3. The van der Waals surface area contributed by atoms with E-state index in [2.05, 4.69) is 13.8 Å². The minimum absolute atomic E-state index is 0.111. The molecule has 3 rings (SSSR count). The monoisotopic (exact) mass is 417 g/mol. The van der Waals surface area contributed by atoms with Gasteiger partial charge in [0.2, 0.25) is 10.0 Å². The van der Waals surface area contributed by atoms with E-state index >= 15 is 0 Å². The molecular formula is C22H27NO5S. The Morgan fingerprint density at radius 1 is 1.03 bits per heavy atom. The second-order valence-electron chi connectivity index (χ2n) is 7.59. The number of ether oxygens (including phenoxy) is 2. The van der Waals surface area contributed by atoms with Crippen molar-refractivity contribution in [2.24, 2.45) is 11.8 Å². The zero-order valence-corrected chi connectivity index (χ0v) is 17.8. The molecule has 0 spiro atoms. The van der Waals surface area contributed by atoms with Crippen molar-refractivity contribution < 1.29 is 22.7 Å². The van der Waals surface area contributed by atoms with Crippen molar-refractivity contribution in [1.29, 1.82) is 0 Å². The van der Waals surface area contributed by atoms with E-state index in [1.165, 1.54) is 16.4 Å². The normalized spacial score (nSPS) is 20.2. The topological polar surface area (TPSA) is 72.9 Å². The molecule has 0 bridgehead atoms. The second-order valence-corrected chi connectivity index (χ2v) is 9.53. The second kappa shape index (κ2) is 8.97. The molecule has 0 aromatic heterocycles. The van der Waals surface area contributed by atoms with Crippen molar-refractivity contribution in [2.45, 2.75) is 32.1 Å². The van der Waals surface area contributed by atoms with Crippen LogP contribution in [0.4, 0.5) is 0 Å². The number of piperidine rings is 1. The summed E-state index contributed by atoms with van der Waals surface area (Å²) in [6, 6.07) is 12.7. The third-order valence-electron chi connectivity index (χ3n) is 4.89. The molecule has 0 aliphatic carbocycles. The first kappa shape index (κ1) is 21.3. The third-order valence-corrected chi connectivity index (χ3v) is 6.72. The summed E-state index contributed by atoms with van der Waals surface area (Å²) < 4.78 is 38.4. The van der Waals surface area contributed by atoms with Gasteiger partial charge in [-0.1, -0.05) is 19.9 Å². The van der Waals surface area contributed by atoms with Crippen molar-refractivity contribution in [3.63, 3.8) is 0 Å². The Morgan fingerprint density at radius 2 is 1.66 bits per heavy atom. The van der Waals surface area contributed by atoms with Gasteiger partial charge >= 0.3 is 5.97 Å². The zero-order chi connectivity index (χ0) is 21.0. The summed E-state index contributed by atoms with van der Waals surface area (Å²) in [5, 5.41) is 0. The predicted octanol–water partition coefficient (Wildman–Crippen LogP) is 3.97.